The normalized spacial score (nSPS) is 11.6. The molecule has 41 heavy (non-hydrogen) atoms. The summed E-state index contributed by atoms with van der Waals surface area (Å²) in [5, 5.41) is 0. The highest BCUT2D eigenvalue weighted by atomic mass is 15.2. The van der Waals surface area contributed by atoms with E-state index in [1.165, 1.54) is 67.1 Å². The number of rotatable bonds is 6. The molecule has 1 aromatic heterocycles. The minimum atomic E-state index is 0.349. The van der Waals surface area contributed by atoms with Crippen LogP contribution in [0.4, 0.5) is 0 Å². The molecule has 0 radical (unpaired) electrons. The second-order valence-electron chi connectivity index (χ2n) is 11.8. The van der Waals surface area contributed by atoms with Gasteiger partial charge in [-0.05, 0) is 83.0 Å². The van der Waals surface area contributed by atoms with Gasteiger partial charge in [-0.2, -0.15) is 4.57 Å². The van der Waals surface area contributed by atoms with Gasteiger partial charge >= 0.3 is 0 Å². The summed E-state index contributed by atoms with van der Waals surface area (Å²) in [6, 6.07) is 42.1. The lowest BCUT2D eigenvalue weighted by Gasteiger charge is -2.21. The van der Waals surface area contributed by atoms with Crippen LogP contribution in [0.25, 0.3) is 50.4 Å². The van der Waals surface area contributed by atoms with Crippen LogP contribution in [0.15, 0.2) is 115 Å². The van der Waals surface area contributed by atoms with E-state index in [9.17, 15) is 0 Å². The Balaban J connectivity index is 1.74. The molecule has 6 aromatic rings. The van der Waals surface area contributed by atoms with Gasteiger partial charge in [0.1, 0.15) is 5.69 Å². The van der Waals surface area contributed by atoms with E-state index in [1.807, 2.05) is 0 Å². The predicted molar refractivity (Wildman–Crippen MR) is 174 cm³/mol. The van der Waals surface area contributed by atoms with Gasteiger partial charge in [-0.15, -0.1) is 0 Å². The van der Waals surface area contributed by atoms with E-state index < -0.39 is 0 Å². The van der Waals surface area contributed by atoms with E-state index in [2.05, 4.69) is 166 Å². The standard InChI is InChI=1S/C39H39N2/c1-26(2)34-23-32(30-18-11-8-12-19-30)24-35(27(3)4)38(34)41-36-22-21-31(29-16-9-7-10-17-29)25-37(36)40(6)39(41)33-20-14-13-15-28(33)5/h7-27H,1-6H3/q+1. The van der Waals surface area contributed by atoms with Gasteiger partial charge in [0.25, 0.3) is 5.82 Å². The summed E-state index contributed by atoms with van der Waals surface area (Å²) in [5.74, 6) is 1.91. The van der Waals surface area contributed by atoms with Crippen molar-refractivity contribution in [3.05, 3.63) is 132 Å². The lowest BCUT2D eigenvalue weighted by atomic mass is 9.88. The van der Waals surface area contributed by atoms with Crippen LogP contribution < -0.4 is 4.57 Å². The Morgan fingerprint density at radius 3 is 1.66 bits per heavy atom. The Hall–Kier alpha value is -4.43. The lowest BCUT2D eigenvalue weighted by molar-refractivity contribution is -0.633. The number of hydrogen-bond acceptors (Lipinski definition) is 0. The van der Waals surface area contributed by atoms with E-state index in [4.69, 9.17) is 0 Å². The van der Waals surface area contributed by atoms with Crippen molar-refractivity contribution in [2.75, 3.05) is 0 Å². The fourth-order valence-electron chi connectivity index (χ4n) is 6.14. The smallest absolute Gasteiger partial charge is 0.225 e. The highest BCUT2D eigenvalue weighted by Gasteiger charge is 2.32. The van der Waals surface area contributed by atoms with Gasteiger partial charge in [-0.25, -0.2) is 4.57 Å². The van der Waals surface area contributed by atoms with Crippen LogP contribution in [0.5, 0.6) is 0 Å². The zero-order valence-electron chi connectivity index (χ0n) is 25.0. The number of nitrogens with zero attached hydrogens (tertiary/aromatic N) is 2. The third kappa shape index (κ3) is 4.78. The monoisotopic (exact) mass is 535 g/mol. The zero-order chi connectivity index (χ0) is 28.7. The first-order chi connectivity index (χ1) is 19.8. The number of imidazole rings is 1. The fourth-order valence-corrected chi connectivity index (χ4v) is 6.14. The highest BCUT2D eigenvalue weighted by Crippen LogP contribution is 2.40. The Kier molecular flexibility index (Phi) is 7.09. The molecule has 5 aromatic carbocycles. The molecular weight excluding hydrogens is 496 g/mol. The lowest BCUT2D eigenvalue weighted by Crippen LogP contribution is -2.30. The number of benzene rings is 5. The summed E-state index contributed by atoms with van der Waals surface area (Å²) < 4.78 is 4.94. The molecular formula is C39H39N2+. The van der Waals surface area contributed by atoms with Crippen molar-refractivity contribution in [1.82, 2.24) is 4.57 Å². The zero-order valence-corrected chi connectivity index (χ0v) is 25.0. The Morgan fingerprint density at radius 1 is 0.561 bits per heavy atom. The second-order valence-corrected chi connectivity index (χ2v) is 11.8. The Labute approximate surface area is 244 Å². The first-order valence-corrected chi connectivity index (χ1v) is 14.7. The quantitative estimate of drug-likeness (QED) is 0.188. The molecule has 0 saturated carbocycles. The summed E-state index contributed by atoms with van der Waals surface area (Å²) in [5.41, 5.74) is 14.0. The molecule has 6 rings (SSSR count). The van der Waals surface area contributed by atoms with Gasteiger partial charge in [0, 0.05) is 11.1 Å². The van der Waals surface area contributed by atoms with Crippen LogP contribution in [0, 0.1) is 6.92 Å². The molecule has 0 bridgehead atoms. The largest absolute Gasteiger partial charge is 0.295 e. The predicted octanol–water partition coefficient (Wildman–Crippen LogP) is 10.0. The average molecular weight is 536 g/mol. The van der Waals surface area contributed by atoms with Crippen LogP contribution in [0.1, 0.15) is 56.2 Å². The third-order valence-corrected chi connectivity index (χ3v) is 8.34. The SMILES string of the molecule is Cc1ccccc1-c1n(-c2c(C(C)C)cc(-c3ccccc3)cc2C(C)C)c2ccc(-c3ccccc3)cc2[n+]1C. The minimum Gasteiger partial charge on any atom is -0.225 e. The van der Waals surface area contributed by atoms with Crippen LogP contribution >= 0.6 is 0 Å². The second kappa shape index (κ2) is 10.9. The Morgan fingerprint density at radius 2 is 1.10 bits per heavy atom. The molecule has 0 amide bonds. The van der Waals surface area contributed by atoms with Gasteiger partial charge in [0.15, 0.2) is 11.0 Å². The summed E-state index contributed by atoms with van der Waals surface area (Å²) in [4.78, 5) is 0. The van der Waals surface area contributed by atoms with Crippen LogP contribution in [0.2, 0.25) is 0 Å². The third-order valence-electron chi connectivity index (χ3n) is 8.34. The molecule has 0 aliphatic rings. The molecule has 0 N–H and O–H groups in total. The van der Waals surface area contributed by atoms with Crippen LogP contribution in [0.3, 0.4) is 0 Å². The number of hydrogen-bond donors (Lipinski definition) is 0. The van der Waals surface area contributed by atoms with E-state index >= 15 is 0 Å². The van der Waals surface area contributed by atoms with Gasteiger partial charge in [-0.3, -0.25) is 0 Å². The molecule has 2 nitrogen and oxygen atoms in total. The highest BCUT2D eigenvalue weighted by molar-refractivity contribution is 5.85. The van der Waals surface area contributed by atoms with Crippen molar-refractivity contribution in [3.63, 3.8) is 0 Å². The maximum atomic E-state index is 2.55. The topological polar surface area (TPSA) is 8.81 Å². The van der Waals surface area contributed by atoms with Crippen molar-refractivity contribution in [2.24, 2.45) is 7.05 Å². The van der Waals surface area contributed by atoms with E-state index in [1.54, 1.807) is 0 Å². The van der Waals surface area contributed by atoms with Crippen molar-refractivity contribution in [3.8, 4) is 39.3 Å². The first kappa shape index (κ1) is 26.8. The van der Waals surface area contributed by atoms with Crippen molar-refractivity contribution in [1.29, 1.82) is 0 Å². The van der Waals surface area contributed by atoms with Crippen molar-refractivity contribution < 1.29 is 4.57 Å². The molecule has 0 fully saturated rings. The first-order valence-electron chi connectivity index (χ1n) is 14.7. The molecule has 0 unspecified atom stereocenters. The van der Waals surface area contributed by atoms with E-state index in [-0.39, 0.29) is 0 Å². The molecule has 0 saturated heterocycles. The van der Waals surface area contributed by atoms with Gasteiger partial charge < -0.3 is 0 Å². The molecule has 1 heterocycles. The fraction of sp³-hybridized carbons (Fsp3) is 0.205. The van der Waals surface area contributed by atoms with Gasteiger partial charge in [0.05, 0.1) is 12.6 Å². The summed E-state index contributed by atoms with van der Waals surface area (Å²) >= 11 is 0. The summed E-state index contributed by atoms with van der Waals surface area (Å²) in [6.07, 6.45) is 0. The average Bonchev–Trinajstić information content (AvgIpc) is 3.28. The van der Waals surface area contributed by atoms with Crippen molar-refractivity contribution in [2.45, 2.75) is 46.5 Å². The molecule has 204 valence electrons. The maximum absolute atomic E-state index is 2.55. The molecule has 0 atom stereocenters. The molecule has 2 heteroatoms. The van der Waals surface area contributed by atoms with E-state index in [0.717, 1.165) is 0 Å². The van der Waals surface area contributed by atoms with Gasteiger partial charge in [-0.1, -0.05) is 107 Å². The molecule has 0 aliphatic heterocycles. The number of aromatic nitrogens is 2. The number of aryl methyl sites for hydroxylation is 2. The Bertz CT molecular complexity index is 1810. The molecule has 0 aliphatic carbocycles. The van der Waals surface area contributed by atoms with Crippen LogP contribution in [-0.2, 0) is 7.05 Å². The van der Waals surface area contributed by atoms with Crippen LogP contribution in [-0.4, -0.2) is 4.57 Å². The summed E-state index contributed by atoms with van der Waals surface area (Å²) in [7, 11) is 2.22. The molecule has 0 spiro atoms. The summed E-state index contributed by atoms with van der Waals surface area (Å²) in [6.45, 7) is 11.5. The van der Waals surface area contributed by atoms with Gasteiger partial charge in [0.2, 0.25) is 0 Å². The van der Waals surface area contributed by atoms with E-state index in [0.29, 0.717) is 11.8 Å². The maximum Gasteiger partial charge on any atom is 0.295 e. The van der Waals surface area contributed by atoms with Crippen molar-refractivity contribution >= 4 is 11.0 Å². The number of fused-ring (bicyclic) bond motifs is 1. The minimum absolute atomic E-state index is 0.349.